The lowest BCUT2D eigenvalue weighted by Crippen LogP contribution is -2.16. The van der Waals surface area contributed by atoms with Crippen molar-refractivity contribution in [3.8, 4) is 17.5 Å². The average molecular weight is 646 g/mol. The fourth-order valence-corrected chi connectivity index (χ4v) is 5.67. The van der Waals surface area contributed by atoms with Gasteiger partial charge >= 0.3 is 5.91 Å². The molecule has 0 bridgehead atoms. The maximum Gasteiger partial charge on any atom is 0.307 e. The summed E-state index contributed by atoms with van der Waals surface area (Å²) < 4.78 is 15.3. The monoisotopic (exact) mass is 644 g/mol. The van der Waals surface area contributed by atoms with Crippen LogP contribution in [0.2, 0.25) is 0 Å². The summed E-state index contributed by atoms with van der Waals surface area (Å²) in [5.41, 5.74) is 8.43. The van der Waals surface area contributed by atoms with Gasteiger partial charge in [-0.05, 0) is 84.4 Å². The summed E-state index contributed by atoms with van der Waals surface area (Å²) in [5.74, 6) is 0.445. The number of amides is 1. The summed E-state index contributed by atoms with van der Waals surface area (Å²) >= 11 is 6.89. The van der Waals surface area contributed by atoms with E-state index >= 15 is 0 Å². The predicted molar refractivity (Wildman–Crippen MR) is 157 cm³/mol. The number of hydrazone groups is 1. The van der Waals surface area contributed by atoms with Crippen molar-refractivity contribution in [3.05, 3.63) is 116 Å². The van der Waals surface area contributed by atoms with Gasteiger partial charge in [0.15, 0.2) is 5.76 Å². The van der Waals surface area contributed by atoms with E-state index < -0.39 is 5.91 Å². The number of fused-ring (bicyclic) bond motifs is 1. The first-order valence-corrected chi connectivity index (χ1v) is 13.5. The predicted octanol–water partition coefficient (Wildman–Crippen LogP) is 7.58. The third-order valence-electron chi connectivity index (χ3n) is 6.23. The molecule has 9 heteroatoms. The quantitative estimate of drug-likeness (QED) is 0.146. The standard InChI is InChI=1S/C30H22Br2N4O3/c1-18-11-23(16-34-35-30(37)28-13-22-12-24(31)14-27(32)29(22)39-28)19(2)36(18)25-7-9-26(10-8-25)38-17-21-6-4-3-5-20(21)15-33/h3-14,16H,17H2,1-2H3,(H,35,37)/b34-16-. The first-order valence-electron chi connectivity index (χ1n) is 12.0. The lowest BCUT2D eigenvalue weighted by molar-refractivity contribution is 0.0929. The minimum Gasteiger partial charge on any atom is -0.489 e. The number of aryl methyl sites for hydroxylation is 1. The molecule has 0 unspecified atom stereocenters. The van der Waals surface area contributed by atoms with E-state index in [-0.39, 0.29) is 5.76 Å². The van der Waals surface area contributed by atoms with E-state index in [1.165, 1.54) is 0 Å². The summed E-state index contributed by atoms with van der Waals surface area (Å²) in [5, 5.41) is 14.2. The summed E-state index contributed by atoms with van der Waals surface area (Å²) in [7, 11) is 0. The summed E-state index contributed by atoms with van der Waals surface area (Å²) in [6, 6.07) is 24.8. The number of nitriles is 1. The Labute approximate surface area is 242 Å². The normalized spacial score (nSPS) is 11.2. The van der Waals surface area contributed by atoms with Gasteiger partial charge < -0.3 is 13.7 Å². The zero-order chi connectivity index (χ0) is 27.5. The zero-order valence-electron chi connectivity index (χ0n) is 21.0. The molecule has 1 amide bonds. The second kappa shape index (κ2) is 11.3. The van der Waals surface area contributed by atoms with Gasteiger partial charge in [0.2, 0.25) is 0 Å². The number of ether oxygens (including phenoxy) is 1. The first kappa shape index (κ1) is 26.5. The van der Waals surface area contributed by atoms with Crippen LogP contribution >= 0.6 is 31.9 Å². The number of hydrogen-bond acceptors (Lipinski definition) is 5. The fraction of sp³-hybridized carbons (Fsp3) is 0.100. The van der Waals surface area contributed by atoms with Crippen LogP contribution in [-0.4, -0.2) is 16.7 Å². The number of nitrogens with one attached hydrogen (secondary N) is 1. The Hall–Kier alpha value is -4.13. The summed E-state index contributed by atoms with van der Waals surface area (Å²) in [6.45, 7) is 4.32. The first-order chi connectivity index (χ1) is 18.8. The molecule has 5 aromatic rings. The van der Waals surface area contributed by atoms with Gasteiger partial charge in [-0.3, -0.25) is 4.79 Å². The number of rotatable bonds is 7. The maximum absolute atomic E-state index is 12.6. The molecule has 0 atom stereocenters. The van der Waals surface area contributed by atoms with E-state index in [4.69, 9.17) is 9.15 Å². The van der Waals surface area contributed by atoms with E-state index in [1.54, 1.807) is 18.3 Å². The minimum atomic E-state index is -0.438. The molecule has 2 heterocycles. The zero-order valence-corrected chi connectivity index (χ0v) is 24.2. The van der Waals surface area contributed by atoms with Crippen LogP contribution in [0.1, 0.15) is 38.6 Å². The molecule has 39 heavy (non-hydrogen) atoms. The van der Waals surface area contributed by atoms with Crippen molar-refractivity contribution < 1.29 is 13.9 Å². The summed E-state index contributed by atoms with van der Waals surface area (Å²) in [4.78, 5) is 12.6. The Morgan fingerprint density at radius 3 is 2.64 bits per heavy atom. The maximum atomic E-state index is 12.6. The van der Waals surface area contributed by atoms with E-state index in [0.29, 0.717) is 23.5 Å². The van der Waals surface area contributed by atoms with Crippen LogP contribution in [0, 0.1) is 25.2 Å². The third kappa shape index (κ3) is 5.67. The molecule has 7 nitrogen and oxygen atoms in total. The average Bonchev–Trinajstić information content (AvgIpc) is 3.48. The molecular formula is C30H22Br2N4O3. The van der Waals surface area contributed by atoms with Gasteiger partial charge in [-0.25, -0.2) is 5.43 Å². The molecule has 3 aromatic carbocycles. The fourth-order valence-electron chi connectivity index (χ4n) is 4.33. The Morgan fingerprint density at radius 2 is 1.87 bits per heavy atom. The van der Waals surface area contributed by atoms with Gasteiger partial charge in [-0.15, -0.1) is 0 Å². The number of carbonyl (C=O) groups excluding carboxylic acids is 1. The number of furan rings is 1. The van der Waals surface area contributed by atoms with Crippen LogP contribution < -0.4 is 10.2 Å². The second-order valence-corrected chi connectivity index (χ2v) is 10.6. The van der Waals surface area contributed by atoms with Crippen LogP contribution in [-0.2, 0) is 6.61 Å². The van der Waals surface area contributed by atoms with Gasteiger partial charge in [0.1, 0.15) is 17.9 Å². The Bertz CT molecular complexity index is 1760. The van der Waals surface area contributed by atoms with E-state index in [0.717, 1.165) is 42.5 Å². The van der Waals surface area contributed by atoms with Gasteiger partial charge in [0.25, 0.3) is 0 Å². The molecule has 0 radical (unpaired) electrons. The number of aromatic nitrogens is 1. The Morgan fingerprint density at radius 1 is 1.10 bits per heavy atom. The molecule has 194 valence electrons. The third-order valence-corrected chi connectivity index (χ3v) is 7.27. The van der Waals surface area contributed by atoms with E-state index in [9.17, 15) is 10.1 Å². The molecule has 0 aliphatic rings. The molecule has 0 saturated heterocycles. The molecular weight excluding hydrogens is 624 g/mol. The topological polar surface area (TPSA) is 92.6 Å². The highest BCUT2D eigenvalue weighted by Crippen LogP contribution is 2.31. The molecule has 0 fully saturated rings. The summed E-state index contributed by atoms with van der Waals surface area (Å²) in [6.07, 6.45) is 1.62. The van der Waals surface area contributed by atoms with Gasteiger partial charge in [-0.2, -0.15) is 10.4 Å². The largest absolute Gasteiger partial charge is 0.489 e. The molecule has 0 saturated carbocycles. The lowest BCUT2D eigenvalue weighted by Gasteiger charge is -2.12. The van der Waals surface area contributed by atoms with E-state index in [2.05, 4.69) is 53.0 Å². The lowest BCUT2D eigenvalue weighted by atomic mass is 10.1. The van der Waals surface area contributed by atoms with Crippen molar-refractivity contribution in [2.24, 2.45) is 5.10 Å². The number of halogens is 2. The van der Waals surface area contributed by atoms with Gasteiger partial charge in [0.05, 0.1) is 22.3 Å². The SMILES string of the molecule is Cc1cc(/C=N\NC(=O)c2cc3cc(Br)cc(Br)c3o2)c(C)n1-c1ccc(OCc2ccccc2C#N)cc1. The van der Waals surface area contributed by atoms with Crippen molar-refractivity contribution in [1.29, 1.82) is 5.26 Å². The highest BCUT2D eigenvalue weighted by atomic mass is 79.9. The Balaban J connectivity index is 1.26. The molecule has 2 aromatic heterocycles. The number of hydrogen-bond donors (Lipinski definition) is 1. The highest BCUT2D eigenvalue weighted by Gasteiger charge is 2.15. The minimum absolute atomic E-state index is 0.171. The number of carbonyl (C=O) groups is 1. The van der Waals surface area contributed by atoms with Crippen LogP contribution in [0.25, 0.3) is 16.7 Å². The molecule has 0 aliphatic heterocycles. The number of nitrogens with zero attached hydrogens (tertiary/aromatic N) is 3. The highest BCUT2D eigenvalue weighted by molar-refractivity contribution is 9.11. The molecule has 0 aliphatic carbocycles. The van der Waals surface area contributed by atoms with Crippen molar-refractivity contribution in [1.82, 2.24) is 9.99 Å². The molecule has 5 rings (SSSR count). The second-order valence-electron chi connectivity index (χ2n) is 8.83. The van der Waals surface area contributed by atoms with Crippen LogP contribution in [0.4, 0.5) is 0 Å². The van der Waals surface area contributed by atoms with Crippen LogP contribution in [0.5, 0.6) is 5.75 Å². The van der Waals surface area contributed by atoms with Crippen molar-refractivity contribution in [2.75, 3.05) is 0 Å². The van der Waals surface area contributed by atoms with Gasteiger partial charge in [0, 0.05) is 38.1 Å². The van der Waals surface area contributed by atoms with Crippen molar-refractivity contribution in [2.45, 2.75) is 20.5 Å². The molecule has 1 N–H and O–H groups in total. The van der Waals surface area contributed by atoms with Crippen molar-refractivity contribution >= 4 is 55.0 Å². The van der Waals surface area contributed by atoms with Crippen molar-refractivity contribution in [3.63, 3.8) is 0 Å². The molecule has 0 spiro atoms. The van der Waals surface area contributed by atoms with Crippen LogP contribution in [0.3, 0.4) is 0 Å². The smallest absolute Gasteiger partial charge is 0.307 e. The van der Waals surface area contributed by atoms with Crippen LogP contribution in [0.15, 0.2) is 91.3 Å². The Kier molecular flexibility index (Phi) is 7.68. The number of benzene rings is 3. The van der Waals surface area contributed by atoms with Gasteiger partial charge in [-0.1, -0.05) is 34.1 Å². The van der Waals surface area contributed by atoms with E-state index in [1.807, 2.05) is 74.5 Å².